The summed E-state index contributed by atoms with van der Waals surface area (Å²) in [4.78, 5) is 0. The second-order valence-corrected chi connectivity index (χ2v) is 8.23. The molecule has 0 aromatic carbocycles. The lowest BCUT2D eigenvalue weighted by molar-refractivity contribution is -0.0858. The van der Waals surface area contributed by atoms with Crippen molar-refractivity contribution in [1.29, 1.82) is 0 Å². The first kappa shape index (κ1) is 17.3. The van der Waals surface area contributed by atoms with Crippen molar-refractivity contribution < 1.29 is 4.74 Å². The first-order valence-corrected chi connectivity index (χ1v) is 9.38. The van der Waals surface area contributed by atoms with Crippen LogP contribution in [0, 0.1) is 17.8 Å². The van der Waals surface area contributed by atoms with Gasteiger partial charge in [0.05, 0.1) is 5.60 Å². The zero-order valence-corrected chi connectivity index (χ0v) is 14.8. The van der Waals surface area contributed by atoms with Crippen molar-refractivity contribution in [2.45, 2.75) is 90.7 Å². The summed E-state index contributed by atoms with van der Waals surface area (Å²) in [6, 6.07) is 0.555. The summed E-state index contributed by atoms with van der Waals surface area (Å²) in [7, 11) is 0. The molecule has 2 aliphatic rings. The zero-order valence-electron chi connectivity index (χ0n) is 14.8. The maximum atomic E-state index is 6.49. The third-order valence-electron chi connectivity index (χ3n) is 5.88. The molecular weight excluding hydrogens is 258 g/mol. The van der Waals surface area contributed by atoms with Gasteiger partial charge >= 0.3 is 0 Å². The molecule has 0 aromatic heterocycles. The summed E-state index contributed by atoms with van der Waals surface area (Å²) in [5.74, 6) is 2.70. The van der Waals surface area contributed by atoms with E-state index >= 15 is 0 Å². The number of hydrogen-bond acceptors (Lipinski definition) is 2. The fourth-order valence-corrected chi connectivity index (χ4v) is 3.82. The number of hydrogen-bond donors (Lipinski definition) is 1. The molecule has 2 aliphatic carbocycles. The van der Waals surface area contributed by atoms with E-state index in [1.54, 1.807) is 0 Å². The van der Waals surface area contributed by atoms with Crippen LogP contribution < -0.4 is 5.32 Å². The highest BCUT2D eigenvalue weighted by molar-refractivity contribution is 4.90. The minimum absolute atomic E-state index is 0.124. The predicted molar refractivity (Wildman–Crippen MR) is 90.6 cm³/mol. The molecule has 0 spiro atoms. The molecule has 0 radical (unpaired) electrons. The van der Waals surface area contributed by atoms with Gasteiger partial charge in [0.1, 0.15) is 0 Å². The third kappa shape index (κ3) is 5.25. The van der Waals surface area contributed by atoms with Gasteiger partial charge in [-0.15, -0.1) is 0 Å². The SMILES string of the molecule is CC(C)NCC1(OCCC2CCC2)CCC(C(C)C)CC1. The smallest absolute Gasteiger partial charge is 0.0806 e. The molecule has 0 aromatic rings. The average Bonchev–Trinajstić information content (AvgIpc) is 2.40. The summed E-state index contributed by atoms with van der Waals surface area (Å²) in [6.45, 7) is 11.3. The van der Waals surface area contributed by atoms with Crippen molar-refractivity contribution >= 4 is 0 Å². The molecule has 0 atom stereocenters. The molecule has 2 saturated carbocycles. The molecule has 21 heavy (non-hydrogen) atoms. The highest BCUT2D eigenvalue weighted by Crippen LogP contribution is 2.38. The molecule has 0 saturated heterocycles. The Morgan fingerprint density at radius 1 is 1.05 bits per heavy atom. The normalized spacial score (nSPS) is 30.9. The summed E-state index contributed by atoms with van der Waals surface area (Å²) >= 11 is 0. The van der Waals surface area contributed by atoms with Crippen LogP contribution in [0.3, 0.4) is 0 Å². The quantitative estimate of drug-likeness (QED) is 0.696. The third-order valence-corrected chi connectivity index (χ3v) is 5.88. The number of ether oxygens (including phenoxy) is 1. The lowest BCUT2D eigenvalue weighted by Gasteiger charge is -2.42. The summed E-state index contributed by atoms with van der Waals surface area (Å²) < 4.78 is 6.49. The maximum absolute atomic E-state index is 6.49. The van der Waals surface area contributed by atoms with Crippen LogP contribution in [0.5, 0.6) is 0 Å². The summed E-state index contributed by atoms with van der Waals surface area (Å²) in [5, 5.41) is 3.64. The van der Waals surface area contributed by atoms with Crippen molar-refractivity contribution in [1.82, 2.24) is 5.32 Å². The largest absolute Gasteiger partial charge is 0.374 e. The second kappa shape index (κ2) is 7.97. The monoisotopic (exact) mass is 295 g/mol. The van der Waals surface area contributed by atoms with Crippen molar-refractivity contribution in [2.75, 3.05) is 13.2 Å². The zero-order chi connectivity index (χ0) is 15.3. The molecule has 0 heterocycles. The van der Waals surface area contributed by atoms with Crippen LogP contribution in [0.4, 0.5) is 0 Å². The van der Waals surface area contributed by atoms with E-state index in [0.29, 0.717) is 6.04 Å². The van der Waals surface area contributed by atoms with Gasteiger partial charge < -0.3 is 10.1 Å². The van der Waals surface area contributed by atoms with Gasteiger partial charge in [0, 0.05) is 19.2 Å². The van der Waals surface area contributed by atoms with Crippen LogP contribution >= 0.6 is 0 Å². The lowest BCUT2D eigenvalue weighted by Crippen LogP contribution is -2.48. The van der Waals surface area contributed by atoms with Crippen molar-refractivity contribution in [3.63, 3.8) is 0 Å². The van der Waals surface area contributed by atoms with Crippen LogP contribution in [0.2, 0.25) is 0 Å². The Bertz CT molecular complexity index is 288. The van der Waals surface area contributed by atoms with Crippen LogP contribution in [0.15, 0.2) is 0 Å². The average molecular weight is 296 g/mol. The van der Waals surface area contributed by atoms with Crippen molar-refractivity contribution in [2.24, 2.45) is 17.8 Å². The molecule has 2 nitrogen and oxygen atoms in total. The molecule has 2 rings (SSSR count). The number of rotatable bonds is 8. The van der Waals surface area contributed by atoms with E-state index < -0.39 is 0 Å². The predicted octanol–water partition coefficient (Wildman–Crippen LogP) is 4.78. The Hall–Kier alpha value is -0.0800. The van der Waals surface area contributed by atoms with Crippen molar-refractivity contribution in [3.8, 4) is 0 Å². The van der Waals surface area contributed by atoms with Crippen LogP contribution in [0.1, 0.15) is 79.1 Å². The topological polar surface area (TPSA) is 21.3 Å². The maximum Gasteiger partial charge on any atom is 0.0806 e. The molecule has 2 heteroatoms. The Morgan fingerprint density at radius 3 is 2.19 bits per heavy atom. The van der Waals surface area contributed by atoms with Gasteiger partial charge in [-0.1, -0.05) is 47.0 Å². The van der Waals surface area contributed by atoms with E-state index in [1.165, 1.54) is 51.4 Å². The Balaban J connectivity index is 1.81. The van der Waals surface area contributed by atoms with Crippen LogP contribution in [-0.4, -0.2) is 24.8 Å². The van der Waals surface area contributed by atoms with E-state index in [9.17, 15) is 0 Å². The van der Waals surface area contributed by atoms with Crippen LogP contribution in [-0.2, 0) is 4.74 Å². The standard InChI is InChI=1S/C19H37NO/c1-15(2)18-8-11-19(12-9-18,14-20-16(3)4)21-13-10-17-6-5-7-17/h15-18,20H,5-14H2,1-4H3. The van der Waals surface area contributed by atoms with E-state index in [2.05, 4.69) is 33.0 Å². The van der Waals surface area contributed by atoms with Gasteiger partial charge in [-0.25, -0.2) is 0 Å². The van der Waals surface area contributed by atoms with E-state index in [4.69, 9.17) is 4.74 Å². The molecule has 124 valence electrons. The highest BCUT2D eigenvalue weighted by Gasteiger charge is 2.37. The minimum Gasteiger partial charge on any atom is -0.374 e. The van der Waals surface area contributed by atoms with Gasteiger partial charge in [0.15, 0.2) is 0 Å². The molecule has 0 amide bonds. The minimum atomic E-state index is 0.124. The Labute approximate surface area is 132 Å². The Kier molecular flexibility index (Phi) is 6.55. The number of nitrogens with one attached hydrogen (secondary N) is 1. The molecule has 0 bridgehead atoms. The van der Waals surface area contributed by atoms with E-state index in [1.807, 2.05) is 0 Å². The van der Waals surface area contributed by atoms with Gasteiger partial charge in [0.2, 0.25) is 0 Å². The molecular formula is C19H37NO. The lowest BCUT2D eigenvalue weighted by atomic mass is 9.74. The van der Waals surface area contributed by atoms with Gasteiger partial charge in [-0.2, -0.15) is 0 Å². The van der Waals surface area contributed by atoms with Gasteiger partial charge in [-0.3, -0.25) is 0 Å². The highest BCUT2D eigenvalue weighted by atomic mass is 16.5. The molecule has 0 unspecified atom stereocenters. The molecule has 1 N–H and O–H groups in total. The van der Waals surface area contributed by atoms with Crippen LogP contribution in [0.25, 0.3) is 0 Å². The summed E-state index contributed by atoms with van der Waals surface area (Å²) in [6.07, 6.45) is 10.8. The van der Waals surface area contributed by atoms with Gasteiger partial charge in [0.25, 0.3) is 0 Å². The first-order valence-electron chi connectivity index (χ1n) is 9.38. The summed E-state index contributed by atoms with van der Waals surface area (Å²) in [5.41, 5.74) is 0.124. The van der Waals surface area contributed by atoms with Crippen molar-refractivity contribution in [3.05, 3.63) is 0 Å². The first-order chi connectivity index (χ1) is 10.0. The fourth-order valence-electron chi connectivity index (χ4n) is 3.82. The van der Waals surface area contributed by atoms with E-state index in [-0.39, 0.29) is 5.60 Å². The van der Waals surface area contributed by atoms with Gasteiger partial charge in [-0.05, 0) is 49.9 Å². The molecule has 0 aliphatic heterocycles. The second-order valence-electron chi connectivity index (χ2n) is 8.23. The fraction of sp³-hybridized carbons (Fsp3) is 1.00. The molecule has 2 fully saturated rings. The Morgan fingerprint density at radius 2 is 1.71 bits per heavy atom. The van der Waals surface area contributed by atoms with E-state index in [0.717, 1.165) is 30.9 Å².